The maximum absolute atomic E-state index is 13.2. The van der Waals surface area contributed by atoms with Gasteiger partial charge in [-0.1, -0.05) is 29.8 Å². The van der Waals surface area contributed by atoms with Crippen molar-refractivity contribution < 1.29 is 9.18 Å². The molecule has 3 heteroatoms. The predicted molar refractivity (Wildman–Crippen MR) is 67.0 cm³/mol. The first-order chi connectivity index (χ1) is 8.11. The second-order valence-electron chi connectivity index (χ2n) is 3.82. The molecule has 2 rings (SSSR count). The van der Waals surface area contributed by atoms with Gasteiger partial charge >= 0.3 is 0 Å². The number of halogens is 2. The third-order valence-corrected chi connectivity index (χ3v) is 2.91. The van der Waals surface area contributed by atoms with Crippen LogP contribution in [0.3, 0.4) is 0 Å². The summed E-state index contributed by atoms with van der Waals surface area (Å²) >= 11 is 6.08. The molecule has 0 amide bonds. The van der Waals surface area contributed by atoms with Gasteiger partial charge in [-0.05, 0) is 36.2 Å². The van der Waals surface area contributed by atoms with Crippen LogP contribution in [0.1, 0.15) is 15.9 Å². The van der Waals surface area contributed by atoms with Gasteiger partial charge in [0.15, 0.2) is 0 Å². The molecule has 1 nitrogen and oxygen atoms in total. The Kier molecular flexibility index (Phi) is 3.25. The van der Waals surface area contributed by atoms with Crippen LogP contribution in [0.15, 0.2) is 36.4 Å². The number of aldehydes is 1. The van der Waals surface area contributed by atoms with E-state index in [1.54, 1.807) is 37.3 Å². The number of benzene rings is 2. The molecule has 0 heterocycles. The van der Waals surface area contributed by atoms with E-state index in [4.69, 9.17) is 11.6 Å². The minimum atomic E-state index is -0.241. The minimum Gasteiger partial charge on any atom is -0.298 e. The molecule has 0 bridgehead atoms. The Morgan fingerprint density at radius 2 is 1.94 bits per heavy atom. The number of aryl methyl sites for hydroxylation is 1. The van der Waals surface area contributed by atoms with Crippen molar-refractivity contribution >= 4 is 17.9 Å². The molecule has 2 aromatic rings. The van der Waals surface area contributed by atoms with E-state index in [2.05, 4.69) is 0 Å². The Morgan fingerprint density at radius 3 is 2.53 bits per heavy atom. The third-order valence-electron chi connectivity index (χ3n) is 2.60. The Morgan fingerprint density at radius 1 is 1.18 bits per heavy atom. The van der Waals surface area contributed by atoms with E-state index in [1.807, 2.05) is 0 Å². The Labute approximate surface area is 104 Å². The van der Waals surface area contributed by atoms with E-state index >= 15 is 0 Å². The predicted octanol–water partition coefficient (Wildman–Crippen LogP) is 4.27. The fraction of sp³-hybridized carbons (Fsp3) is 0.0714. The zero-order valence-corrected chi connectivity index (χ0v) is 9.96. The van der Waals surface area contributed by atoms with E-state index in [-0.39, 0.29) is 5.82 Å². The van der Waals surface area contributed by atoms with Gasteiger partial charge in [0.2, 0.25) is 0 Å². The topological polar surface area (TPSA) is 17.1 Å². The molecule has 0 unspecified atom stereocenters. The molecule has 0 atom stereocenters. The number of hydrogen-bond donors (Lipinski definition) is 0. The lowest BCUT2D eigenvalue weighted by molar-refractivity contribution is 0.112. The van der Waals surface area contributed by atoms with Crippen molar-refractivity contribution in [3.05, 3.63) is 58.4 Å². The lowest BCUT2D eigenvalue weighted by atomic mass is 10.0. The summed E-state index contributed by atoms with van der Waals surface area (Å²) in [5.41, 5.74) is 2.72. The summed E-state index contributed by atoms with van der Waals surface area (Å²) < 4.78 is 13.2. The molecular formula is C14H10ClFO. The first kappa shape index (κ1) is 11.8. The molecule has 86 valence electrons. The lowest BCUT2D eigenvalue weighted by Crippen LogP contribution is -1.87. The quantitative estimate of drug-likeness (QED) is 0.726. The molecule has 0 fully saturated rings. The molecule has 0 spiro atoms. The van der Waals surface area contributed by atoms with Crippen LogP contribution in [0.5, 0.6) is 0 Å². The summed E-state index contributed by atoms with van der Waals surface area (Å²) in [7, 11) is 0. The highest BCUT2D eigenvalue weighted by molar-refractivity contribution is 6.33. The number of carbonyl (C=O) groups is 1. The molecule has 0 N–H and O–H groups in total. The second-order valence-corrected chi connectivity index (χ2v) is 4.23. The number of carbonyl (C=O) groups excluding carboxylic acids is 1. The summed E-state index contributed by atoms with van der Waals surface area (Å²) in [4.78, 5) is 10.6. The van der Waals surface area contributed by atoms with Gasteiger partial charge in [-0.15, -0.1) is 0 Å². The average molecular weight is 249 g/mol. The maximum Gasteiger partial charge on any atom is 0.150 e. The van der Waals surface area contributed by atoms with Crippen molar-refractivity contribution in [3.63, 3.8) is 0 Å². The van der Waals surface area contributed by atoms with Crippen LogP contribution in [0, 0.1) is 12.7 Å². The van der Waals surface area contributed by atoms with Crippen molar-refractivity contribution in [3.8, 4) is 11.1 Å². The average Bonchev–Trinajstić information content (AvgIpc) is 2.32. The van der Waals surface area contributed by atoms with Gasteiger partial charge in [-0.2, -0.15) is 0 Å². The SMILES string of the molecule is Cc1cc(-c2ccc(C=O)cc2Cl)ccc1F. The van der Waals surface area contributed by atoms with Crippen LogP contribution in [-0.4, -0.2) is 6.29 Å². The fourth-order valence-corrected chi connectivity index (χ4v) is 1.95. The lowest BCUT2D eigenvalue weighted by Gasteiger charge is -2.06. The van der Waals surface area contributed by atoms with Crippen LogP contribution in [0.25, 0.3) is 11.1 Å². The molecule has 0 saturated heterocycles. The van der Waals surface area contributed by atoms with Gasteiger partial charge in [-0.3, -0.25) is 4.79 Å². The number of rotatable bonds is 2. The van der Waals surface area contributed by atoms with Crippen LogP contribution >= 0.6 is 11.6 Å². The molecule has 0 aromatic heterocycles. The van der Waals surface area contributed by atoms with E-state index in [0.717, 1.165) is 17.4 Å². The van der Waals surface area contributed by atoms with Gasteiger partial charge in [-0.25, -0.2) is 4.39 Å². The monoisotopic (exact) mass is 248 g/mol. The largest absolute Gasteiger partial charge is 0.298 e. The smallest absolute Gasteiger partial charge is 0.150 e. The molecular weight excluding hydrogens is 239 g/mol. The van der Waals surface area contributed by atoms with Gasteiger partial charge in [0.1, 0.15) is 12.1 Å². The standard InChI is InChI=1S/C14H10ClFO/c1-9-6-11(3-5-14(9)16)12-4-2-10(8-17)7-13(12)15/h2-8H,1H3. The number of hydrogen-bond acceptors (Lipinski definition) is 1. The van der Waals surface area contributed by atoms with Crippen molar-refractivity contribution in [2.24, 2.45) is 0 Å². The van der Waals surface area contributed by atoms with Crippen LogP contribution in [0.2, 0.25) is 5.02 Å². The maximum atomic E-state index is 13.2. The second kappa shape index (κ2) is 4.68. The Hall–Kier alpha value is -1.67. The highest BCUT2D eigenvalue weighted by Crippen LogP contribution is 2.29. The van der Waals surface area contributed by atoms with Crippen molar-refractivity contribution in [2.45, 2.75) is 6.92 Å². The third kappa shape index (κ3) is 2.37. The first-order valence-electron chi connectivity index (χ1n) is 5.13. The molecule has 0 radical (unpaired) electrons. The van der Waals surface area contributed by atoms with Gasteiger partial charge in [0, 0.05) is 16.1 Å². The molecule has 17 heavy (non-hydrogen) atoms. The van der Waals surface area contributed by atoms with Gasteiger partial charge in [0.05, 0.1) is 0 Å². The van der Waals surface area contributed by atoms with Crippen LogP contribution in [-0.2, 0) is 0 Å². The van der Waals surface area contributed by atoms with Gasteiger partial charge in [0.25, 0.3) is 0 Å². The summed E-state index contributed by atoms with van der Waals surface area (Å²) in [6, 6.07) is 9.87. The van der Waals surface area contributed by atoms with Crippen LogP contribution in [0.4, 0.5) is 4.39 Å². The summed E-state index contributed by atoms with van der Waals surface area (Å²) in [6.07, 6.45) is 0.742. The molecule has 0 aliphatic heterocycles. The highest BCUT2D eigenvalue weighted by atomic mass is 35.5. The molecule has 0 aliphatic rings. The van der Waals surface area contributed by atoms with Gasteiger partial charge < -0.3 is 0 Å². The van der Waals surface area contributed by atoms with E-state index in [0.29, 0.717) is 16.1 Å². The summed E-state index contributed by atoms with van der Waals surface area (Å²) in [5.74, 6) is -0.241. The van der Waals surface area contributed by atoms with Crippen molar-refractivity contribution in [1.82, 2.24) is 0 Å². The first-order valence-corrected chi connectivity index (χ1v) is 5.51. The molecule has 2 aromatic carbocycles. The van der Waals surface area contributed by atoms with E-state index in [9.17, 15) is 9.18 Å². The zero-order valence-electron chi connectivity index (χ0n) is 9.21. The Balaban J connectivity index is 2.52. The summed E-state index contributed by atoms with van der Waals surface area (Å²) in [6.45, 7) is 1.70. The molecule has 0 saturated carbocycles. The highest BCUT2D eigenvalue weighted by Gasteiger charge is 2.06. The van der Waals surface area contributed by atoms with Crippen LogP contribution < -0.4 is 0 Å². The van der Waals surface area contributed by atoms with Crippen molar-refractivity contribution in [2.75, 3.05) is 0 Å². The van der Waals surface area contributed by atoms with Crippen molar-refractivity contribution in [1.29, 1.82) is 0 Å². The minimum absolute atomic E-state index is 0.241. The van der Waals surface area contributed by atoms with E-state index in [1.165, 1.54) is 6.07 Å². The van der Waals surface area contributed by atoms with E-state index < -0.39 is 0 Å². The molecule has 0 aliphatic carbocycles. The fourth-order valence-electron chi connectivity index (χ4n) is 1.65. The normalized spacial score (nSPS) is 10.3. The Bertz CT molecular complexity index is 578. The summed E-state index contributed by atoms with van der Waals surface area (Å²) in [5, 5.41) is 0.487. The zero-order chi connectivity index (χ0) is 12.4.